The van der Waals surface area contributed by atoms with Crippen LogP contribution in [-0.2, 0) is 38.9 Å². The highest BCUT2D eigenvalue weighted by Gasteiger charge is 2.27. The molecule has 8 heteroatoms. The second-order valence-corrected chi connectivity index (χ2v) is 9.97. The zero-order valence-electron chi connectivity index (χ0n) is 18.7. The minimum absolute atomic E-state index is 0.0672. The van der Waals surface area contributed by atoms with Crippen LogP contribution < -0.4 is 15.4 Å². The number of carbonyl (C=O) groups is 2. The maximum absolute atomic E-state index is 13.2. The normalized spacial score (nSPS) is 14.1. The molecule has 0 saturated heterocycles. The molecule has 34 heavy (non-hydrogen) atoms. The van der Waals surface area contributed by atoms with E-state index in [-0.39, 0.29) is 23.1 Å². The number of fused-ring (bicyclic) bond motifs is 1. The first-order valence-corrected chi connectivity index (χ1v) is 12.7. The number of carbonyl (C=O) groups excluding carboxylic acids is 2. The van der Waals surface area contributed by atoms with E-state index >= 15 is 0 Å². The van der Waals surface area contributed by atoms with E-state index < -0.39 is 16.1 Å². The lowest BCUT2D eigenvalue weighted by molar-refractivity contribution is -0.122. The Hall–Kier alpha value is -3.49. The molecule has 0 aliphatic carbocycles. The van der Waals surface area contributed by atoms with Crippen molar-refractivity contribution < 1.29 is 18.0 Å². The van der Waals surface area contributed by atoms with E-state index in [2.05, 4.69) is 15.4 Å². The van der Waals surface area contributed by atoms with E-state index in [1.165, 1.54) is 6.07 Å². The molecule has 4 rings (SSSR count). The van der Waals surface area contributed by atoms with Crippen molar-refractivity contribution in [3.05, 3.63) is 95.6 Å². The monoisotopic (exact) mass is 477 g/mol. The number of hydrogen-bond donors (Lipinski definition) is 3. The van der Waals surface area contributed by atoms with Crippen molar-refractivity contribution in [3.63, 3.8) is 0 Å². The highest BCUT2D eigenvalue weighted by atomic mass is 32.2. The van der Waals surface area contributed by atoms with Gasteiger partial charge >= 0.3 is 0 Å². The summed E-state index contributed by atoms with van der Waals surface area (Å²) in [4.78, 5) is 24.7. The van der Waals surface area contributed by atoms with Gasteiger partial charge in [-0.05, 0) is 54.2 Å². The molecule has 1 heterocycles. The predicted molar refractivity (Wildman–Crippen MR) is 131 cm³/mol. The fraction of sp³-hybridized carbons (Fsp3) is 0.231. The summed E-state index contributed by atoms with van der Waals surface area (Å²) in [6, 6.07) is 22.7. The standard InChI is InChI=1S/C26H27N3O4S/c30-25-14-11-21-18-22(12-13-23(21)28-25)34(32,33)29-24(17-20-9-5-2-6-10-20)26(31)27-16-15-19-7-3-1-4-8-19/h1-10,12-13,18,24,29H,11,14-17H2,(H,27,31)(H,28,30)/t24-/m1/s1. The third-order valence-corrected chi connectivity index (χ3v) is 7.20. The van der Waals surface area contributed by atoms with Gasteiger partial charge in [0.05, 0.1) is 4.90 Å². The molecule has 3 aromatic rings. The smallest absolute Gasteiger partial charge is 0.241 e. The van der Waals surface area contributed by atoms with Crippen LogP contribution in [0.2, 0.25) is 0 Å². The molecule has 0 radical (unpaired) electrons. The summed E-state index contributed by atoms with van der Waals surface area (Å²) < 4.78 is 29.0. The molecule has 1 atom stereocenters. The van der Waals surface area contributed by atoms with Gasteiger partial charge in [-0.2, -0.15) is 4.72 Å². The van der Waals surface area contributed by atoms with Gasteiger partial charge in [0.25, 0.3) is 0 Å². The highest BCUT2D eigenvalue weighted by Crippen LogP contribution is 2.25. The van der Waals surface area contributed by atoms with E-state index in [0.717, 1.165) is 16.7 Å². The molecule has 0 bridgehead atoms. The van der Waals surface area contributed by atoms with Crippen LogP contribution in [0.15, 0.2) is 83.8 Å². The Balaban J connectivity index is 1.50. The third-order valence-electron chi connectivity index (χ3n) is 5.73. The summed E-state index contributed by atoms with van der Waals surface area (Å²) in [5.41, 5.74) is 3.31. The Bertz CT molecular complexity index is 1260. The first-order chi connectivity index (χ1) is 16.4. The lowest BCUT2D eigenvalue weighted by atomic mass is 10.0. The fourth-order valence-corrected chi connectivity index (χ4v) is 5.16. The van der Waals surface area contributed by atoms with Crippen molar-refractivity contribution in [2.24, 2.45) is 0 Å². The molecule has 7 nitrogen and oxygen atoms in total. The summed E-state index contributed by atoms with van der Waals surface area (Å²) in [6.45, 7) is 0.397. The largest absolute Gasteiger partial charge is 0.354 e. The van der Waals surface area contributed by atoms with E-state index in [1.807, 2.05) is 60.7 Å². The van der Waals surface area contributed by atoms with Crippen LogP contribution in [0.25, 0.3) is 0 Å². The number of nitrogens with one attached hydrogen (secondary N) is 3. The molecular formula is C26H27N3O4S. The zero-order chi connectivity index (χ0) is 24.0. The average molecular weight is 478 g/mol. The number of sulfonamides is 1. The topological polar surface area (TPSA) is 104 Å². The molecule has 0 aromatic heterocycles. The number of hydrogen-bond acceptors (Lipinski definition) is 4. The Labute approximate surface area is 199 Å². The number of aryl methyl sites for hydroxylation is 1. The van der Waals surface area contributed by atoms with E-state index in [1.54, 1.807) is 12.1 Å². The molecule has 0 spiro atoms. The summed E-state index contributed by atoms with van der Waals surface area (Å²) in [5, 5.41) is 5.62. The number of amides is 2. The number of benzene rings is 3. The lowest BCUT2D eigenvalue weighted by Crippen LogP contribution is -2.48. The van der Waals surface area contributed by atoms with Crippen molar-refractivity contribution in [3.8, 4) is 0 Å². The quantitative estimate of drug-likeness (QED) is 0.441. The Morgan fingerprint density at radius 1 is 0.912 bits per heavy atom. The van der Waals surface area contributed by atoms with Crippen LogP contribution >= 0.6 is 0 Å². The van der Waals surface area contributed by atoms with Crippen molar-refractivity contribution in [2.45, 2.75) is 36.6 Å². The molecular weight excluding hydrogens is 450 g/mol. The molecule has 1 aliphatic rings. The molecule has 0 fully saturated rings. The highest BCUT2D eigenvalue weighted by molar-refractivity contribution is 7.89. The molecule has 2 amide bonds. The molecule has 3 aromatic carbocycles. The summed E-state index contributed by atoms with van der Waals surface area (Å²) >= 11 is 0. The fourth-order valence-electron chi connectivity index (χ4n) is 3.92. The Kier molecular flexibility index (Phi) is 7.40. The Morgan fingerprint density at radius 2 is 1.59 bits per heavy atom. The van der Waals surface area contributed by atoms with Gasteiger partial charge in [0.15, 0.2) is 0 Å². The second kappa shape index (κ2) is 10.6. The van der Waals surface area contributed by atoms with Gasteiger partial charge in [-0.25, -0.2) is 8.42 Å². The van der Waals surface area contributed by atoms with Gasteiger partial charge in [0.2, 0.25) is 21.8 Å². The van der Waals surface area contributed by atoms with Crippen LogP contribution in [0, 0.1) is 0 Å². The predicted octanol–water partition coefficient (Wildman–Crippen LogP) is 2.82. The minimum Gasteiger partial charge on any atom is -0.354 e. The van der Waals surface area contributed by atoms with Crippen molar-refractivity contribution in [1.82, 2.24) is 10.0 Å². The molecule has 0 unspecified atom stereocenters. The molecule has 176 valence electrons. The van der Waals surface area contributed by atoms with Gasteiger partial charge in [-0.3, -0.25) is 9.59 Å². The SMILES string of the molecule is O=C1CCc2cc(S(=O)(=O)N[C@H](Cc3ccccc3)C(=O)NCCc3ccccc3)ccc2N1. The van der Waals surface area contributed by atoms with Gasteiger partial charge in [0.1, 0.15) is 6.04 Å². The first kappa shape index (κ1) is 23.7. The van der Waals surface area contributed by atoms with Gasteiger partial charge in [0, 0.05) is 18.7 Å². The second-order valence-electron chi connectivity index (χ2n) is 8.26. The van der Waals surface area contributed by atoms with Crippen LogP contribution in [0.3, 0.4) is 0 Å². The van der Waals surface area contributed by atoms with Crippen LogP contribution in [0.5, 0.6) is 0 Å². The number of rotatable bonds is 9. The minimum atomic E-state index is -3.97. The Morgan fingerprint density at radius 3 is 2.29 bits per heavy atom. The average Bonchev–Trinajstić information content (AvgIpc) is 2.84. The van der Waals surface area contributed by atoms with Crippen molar-refractivity contribution in [1.29, 1.82) is 0 Å². The van der Waals surface area contributed by atoms with Crippen molar-refractivity contribution >= 4 is 27.5 Å². The maximum Gasteiger partial charge on any atom is 0.241 e. The third kappa shape index (κ3) is 6.09. The van der Waals surface area contributed by atoms with Gasteiger partial charge in [-0.1, -0.05) is 60.7 Å². The summed E-state index contributed by atoms with van der Waals surface area (Å²) in [7, 11) is -3.97. The van der Waals surface area contributed by atoms with Gasteiger partial charge in [-0.15, -0.1) is 0 Å². The number of anilines is 1. The zero-order valence-corrected chi connectivity index (χ0v) is 19.5. The van der Waals surface area contributed by atoms with E-state index in [0.29, 0.717) is 31.5 Å². The van der Waals surface area contributed by atoms with Crippen molar-refractivity contribution in [2.75, 3.05) is 11.9 Å². The lowest BCUT2D eigenvalue weighted by Gasteiger charge is -2.21. The maximum atomic E-state index is 13.2. The van der Waals surface area contributed by atoms with Gasteiger partial charge < -0.3 is 10.6 Å². The van der Waals surface area contributed by atoms with Crippen LogP contribution in [0.1, 0.15) is 23.1 Å². The summed E-state index contributed by atoms with van der Waals surface area (Å²) in [6.07, 6.45) is 1.65. The van der Waals surface area contributed by atoms with E-state index in [9.17, 15) is 18.0 Å². The van der Waals surface area contributed by atoms with Crippen LogP contribution in [-0.4, -0.2) is 32.8 Å². The van der Waals surface area contributed by atoms with E-state index in [4.69, 9.17) is 0 Å². The first-order valence-electron chi connectivity index (χ1n) is 11.2. The summed E-state index contributed by atoms with van der Waals surface area (Å²) in [5.74, 6) is -0.468. The molecule has 3 N–H and O–H groups in total. The molecule has 1 aliphatic heterocycles. The molecule has 0 saturated carbocycles. The van der Waals surface area contributed by atoms with Crippen LogP contribution in [0.4, 0.5) is 5.69 Å².